The second-order valence-electron chi connectivity index (χ2n) is 4.83. The van der Waals surface area contributed by atoms with E-state index in [0.717, 1.165) is 18.9 Å². The molecule has 8 heteroatoms. The first-order valence-corrected chi connectivity index (χ1v) is 8.17. The van der Waals surface area contributed by atoms with Crippen molar-refractivity contribution in [2.75, 3.05) is 24.4 Å². The van der Waals surface area contributed by atoms with Crippen molar-refractivity contribution < 1.29 is 12.8 Å². The average molecular weight is 322 g/mol. The van der Waals surface area contributed by atoms with Gasteiger partial charge in [-0.2, -0.15) is 12.7 Å². The summed E-state index contributed by atoms with van der Waals surface area (Å²) in [6.45, 7) is 1.23. The molecule has 0 aliphatic carbocycles. The zero-order valence-electron chi connectivity index (χ0n) is 10.9. The number of nitrogens with zero attached hydrogens (tertiary/aromatic N) is 1. The van der Waals surface area contributed by atoms with Gasteiger partial charge in [0.05, 0.1) is 5.69 Å². The van der Waals surface area contributed by atoms with Crippen LogP contribution in [0.3, 0.4) is 0 Å². The van der Waals surface area contributed by atoms with E-state index < -0.39 is 16.0 Å². The molecule has 0 aromatic heterocycles. The van der Waals surface area contributed by atoms with Crippen molar-refractivity contribution in [3.8, 4) is 0 Å². The SMILES string of the molecule is NCC1CCCN(S(=O)(=O)Nc2ccc(Cl)cc2F)C1. The van der Waals surface area contributed by atoms with E-state index >= 15 is 0 Å². The average Bonchev–Trinajstić information content (AvgIpc) is 2.42. The number of nitrogens with one attached hydrogen (secondary N) is 1. The summed E-state index contributed by atoms with van der Waals surface area (Å²) in [5.41, 5.74) is 5.48. The molecule has 1 atom stereocenters. The van der Waals surface area contributed by atoms with Crippen molar-refractivity contribution in [3.05, 3.63) is 29.0 Å². The lowest BCUT2D eigenvalue weighted by molar-refractivity contribution is 0.273. The standard InChI is InChI=1S/C12H17ClFN3O2S/c13-10-3-4-12(11(14)6-10)16-20(18,19)17-5-1-2-9(7-15)8-17/h3-4,6,9,16H,1-2,5,7-8,15H2. The number of anilines is 1. The predicted molar refractivity (Wildman–Crippen MR) is 77.3 cm³/mol. The van der Waals surface area contributed by atoms with Gasteiger partial charge in [0.1, 0.15) is 5.82 Å². The fraction of sp³-hybridized carbons (Fsp3) is 0.500. The summed E-state index contributed by atoms with van der Waals surface area (Å²) < 4.78 is 41.7. The maximum absolute atomic E-state index is 13.6. The molecule has 1 aliphatic rings. The molecule has 112 valence electrons. The van der Waals surface area contributed by atoms with Crippen molar-refractivity contribution in [1.82, 2.24) is 4.31 Å². The summed E-state index contributed by atoms with van der Waals surface area (Å²) in [6.07, 6.45) is 1.67. The van der Waals surface area contributed by atoms with E-state index in [1.54, 1.807) is 0 Å². The van der Waals surface area contributed by atoms with E-state index in [1.165, 1.54) is 16.4 Å². The normalized spacial score (nSPS) is 20.9. The lowest BCUT2D eigenvalue weighted by atomic mass is 10.0. The summed E-state index contributed by atoms with van der Waals surface area (Å²) in [5.74, 6) is -0.552. The fourth-order valence-electron chi connectivity index (χ4n) is 2.21. The van der Waals surface area contributed by atoms with Gasteiger partial charge in [0.15, 0.2) is 0 Å². The molecule has 0 saturated carbocycles. The maximum atomic E-state index is 13.6. The van der Waals surface area contributed by atoms with Crippen LogP contribution in [0.2, 0.25) is 5.02 Å². The van der Waals surface area contributed by atoms with Crippen LogP contribution in [0.5, 0.6) is 0 Å². The van der Waals surface area contributed by atoms with Gasteiger partial charge >= 0.3 is 10.2 Å². The minimum absolute atomic E-state index is 0.107. The van der Waals surface area contributed by atoms with Gasteiger partial charge in [-0.25, -0.2) is 4.39 Å². The summed E-state index contributed by atoms with van der Waals surface area (Å²) in [5, 5.41) is 0.214. The van der Waals surface area contributed by atoms with Crippen LogP contribution in [0, 0.1) is 11.7 Å². The summed E-state index contributed by atoms with van der Waals surface area (Å²) in [6, 6.07) is 3.80. The molecule has 1 unspecified atom stereocenters. The van der Waals surface area contributed by atoms with Crippen molar-refractivity contribution >= 4 is 27.5 Å². The first-order chi connectivity index (χ1) is 9.42. The molecule has 1 aromatic rings. The molecule has 20 heavy (non-hydrogen) atoms. The lowest BCUT2D eigenvalue weighted by Crippen LogP contribution is -2.44. The van der Waals surface area contributed by atoms with E-state index in [4.69, 9.17) is 17.3 Å². The molecular formula is C12H17ClFN3O2S. The van der Waals surface area contributed by atoms with Gasteiger partial charge < -0.3 is 5.73 Å². The number of nitrogens with two attached hydrogens (primary N) is 1. The maximum Gasteiger partial charge on any atom is 0.301 e. The summed E-state index contributed by atoms with van der Waals surface area (Å²) >= 11 is 5.63. The van der Waals surface area contributed by atoms with Gasteiger partial charge in [-0.1, -0.05) is 11.6 Å². The molecule has 1 aliphatic heterocycles. The highest BCUT2D eigenvalue weighted by Gasteiger charge is 2.28. The first-order valence-electron chi connectivity index (χ1n) is 6.35. The van der Waals surface area contributed by atoms with Gasteiger partial charge in [0.25, 0.3) is 0 Å². The molecule has 5 nitrogen and oxygen atoms in total. The quantitative estimate of drug-likeness (QED) is 0.888. The highest BCUT2D eigenvalue weighted by atomic mass is 35.5. The van der Waals surface area contributed by atoms with Gasteiger partial charge in [0, 0.05) is 18.1 Å². The third kappa shape index (κ3) is 3.60. The molecule has 2 rings (SSSR count). The molecule has 1 saturated heterocycles. The largest absolute Gasteiger partial charge is 0.330 e. The van der Waals surface area contributed by atoms with Crippen LogP contribution in [-0.2, 0) is 10.2 Å². The van der Waals surface area contributed by atoms with Crippen LogP contribution in [0.1, 0.15) is 12.8 Å². The second-order valence-corrected chi connectivity index (χ2v) is 6.94. The van der Waals surface area contributed by atoms with Crippen LogP contribution in [-0.4, -0.2) is 32.4 Å². The van der Waals surface area contributed by atoms with E-state index in [1.807, 2.05) is 0 Å². The van der Waals surface area contributed by atoms with Crippen LogP contribution >= 0.6 is 11.6 Å². The van der Waals surface area contributed by atoms with Crippen LogP contribution in [0.4, 0.5) is 10.1 Å². The second kappa shape index (κ2) is 6.26. The predicted octanol–water partition coefficient (Wildman–Crippen LogP) is 1.81. The third-order valence-corrected chi connectivity index (χ3v) is 5.05. The third-order valence-electron chi connectivity index (χ3n) is 3.33. The molecule has 1 aromatic carbocycles. The number of hydrogen-bond acceptors (Lipinski definition) is 3. The number of benzene rings is 1. The minimum Gasteiger partial charge on any atom is -0.330 e. The van der Waals surface area contributed by atoms with Crippen molar-refractivity contribution in [1.29, 1.82) is 0 Å². The zero-order chi connectivity index (χ0) is 14.8. The summed E-state index contributed by atoms with van der Waals surface area (Å²) in [4.78, 5) is 0. The fourth-order valence-corrected chi connectivity index (χ4v) is 3.72. The number of piperidine rings is 1. The topological polar surface area (TPSA) is 75.4 Å². The van der Waals surface area contributed by atoms with Gasteiger partial charge in [-0.3, -0.25) is 4.72 Å². The Hall–Kier alpha value is -0.890. The molecule has 1 fully saturated rings. The molecular weight excluding hydrogens is 305 g/mol. The van der Waals surface area contributed by atoms with Crippen LogP contribution in [0.25, 0.3) is 0 Å². The van der Waals surface area contributed by atoms with E-state index in [0.29, 0.717) is 19.6 Å². The van der Waals surface area contributed by atoms with Gasteiger partial charge in [-0.05, 0) is 43.5 Å². The Balaban J connectivity index is 2.14. The smallest absolute Gasteiger partial charge is 0.301 e. The van der Waals surface area contributed by atoms with Crippen molar-refractivity contribution in [2.45, 2.75) is 12.8 Å². The Morgan fingerprint density at radius 2 is 2.25 bits per heavy atom. The number of hydrogen-bond donors (Lipinski definition) is 2. The Bertz CT molecular complexity index is 582. The minimum atomic E-state index is -3.77. The Morgan fingerprint density at radius 3 is 2.90 bits per heavy atom. The van der Waals surface area contributed by atoms with E-state index in [2.05, 4.69) is 4.72 Å². The number of rotatable bonds is 4. The first kappa shape index (κ1) is 15.5. The molecule has 3 N–H and O–H groups in total. The van der Waals surface area contributed by atoms with Crippen LogP contribution in [0.15, 0.2) is 18.2 Å². The molecule has 1 heterocycles. The van der Waals surface area contributed by atoms with E-state index in [9.17, 15) is 12.8 Å². The lowest BCUT2D eigenvalue weighted by Gasteiger charge is -2.31. The van der Waals surface area contributed by atoms with Crippen LogP contribution < -0.4 is 10.5 Å². The molecule has 0 radical (unpaired) electrons. The van der Waals surface area contributed by atoms with Crippen molar-refractivity contribution in [3.63, 3.8) is 0 Å². The Labute approximate surface area is 123 Å². The number of halogens is 2. The molecule has 0 spiro atoms. The Kier molecular flexibility index (Phi) is 4.85. The van der Waals surface area contributed by atoms with Gasteiger partial charge in [0.2, 0.25) is 0 Å². The highest BCUT2D eigenvalue weighted by Crippen LogP contribution is 2.23. The highest BCUT2D eigenvalue weighted by molar-refractivity contribution is 7.90. The van der Waals surface area contributed by atoms with E-state index in [-0.39, 0.29) is 16.6 Å². The summed E-state index contributed by atoms with van der Waals surface area (Å²) in [7, 11) is -3.77. The zero-order valence-corrected chi connectivity index (χ0v) is 12.4. The monoisotopic (exact) mass is 321 g/mol. The van der Waals surface area contributed by atoms with Crippen molar-refractivity contribution in [2.24, 2.45) is 11.7 Å². The molecule has 0 bridgehead atoms. The van der Waals surface area contributed by atoms with Gasteiger partial charge in [-0.15, -0.1) is 0 Å². The Morgan fingerprint density at radius 1 is 1.50 bits per heavy atom. The molecule has 0 amide bonds.